The van der Waals surface area contributed by atoms with Crippen molar-refractivity contribution >= 4 is 28.3 Å². The van der Waals surface area contributed by atoms with E-state index in [2.05, 4.69) is 10.4 Å². The standard InChI is InChI=1S/C17H16ClN3O2/c1-21-16(15(18)9-20-21)10-19-17(22)11-23-14-7-6-12-4-2-3-5-13(12)8-14/h2-9H,10-11H2,1H3,(H,19,22). The number of hydrogen-bond acceptors (Lipinski definition) is 3. The number of rotatable bonds is 5. The van der Waals surface area contributed by atoms with E-state index in [4.69, 9.17) is 16.3 Å². The molecule has 1 aromatic heterocycles. The molecule has 6 heteroatoms. The lowest BCUT2D eigenvalue weighted by Crippen LogP contribution is -2.29. The summed E-state index contributed by atoms with van der Waals surface area (Å²) in [5.74, 6) is 0.452. The van der Waals surface area contributed by atoms with Crippen molar-refractivity contribution < 1.29 is 9.53 Å². The zero-order chi connectivity index (χ0) is 16.2. The maximum absolute atomic E-state index is 11.9. The normalized spacial score (nSPS) is 10.7. The summed E-state index contributed by atoms with van der Waals surface area (Å²) in [6.45, 7) is 0.267. The molecule has 3 aromatic rings. The monoisotopic (exact) mass is 329 g/mol. The van der Waals surface area contributed by atoms with Crippen LogP contribution in [0, 0.1) is 0 Å². The van der Waals surface area contributed by atoms with Gasteiger partial charge in [0.15, 0.2) is 6.61 Å². The zero-order valence-electron chi connectivity index (χ0n) is 12.6. The fourth-order valence-corrected chi connectivity index (χ4v) is 2.51. The highest BCUT2D eigenvalue weighted by Gasteiger charge is 2.09. The van der Waals surface area contributed by atoms with Crippen LogP contribution in [-0.2, 0) is 18.4 Å². The Labute approximate surface area is 138 Å². The third kappa shape index (κ3) is 3.63. The Bertz CT molecular complexity index is 825. The van der Waals surface area contributed by atoms with Gasteiger partial charge in [0.2, 0.25) is 0 Å². The van der Waals surface area contributed by atoms with Gasteiger partial charge in [0.1, 0.15) is 5.75 Å². The molecular formula is C17H16ClN3O2. The van der Waals surface area contributed by atoms with Gasteiger partial charge < -0.3 is 10.1 Å². The van der Waals surface area contributed by atoms with Gasteiger partial charge in [-0.25, -0.2) is 0 Å². The van der Waals surface area contributed by atoms with Crippen LogP contribution in [0.3, 0.4) is 0 Å². The Balaban J connectivity index is 1.55. The third-order valence-electron chi connectivity index (χ3n) is 3.55. The number of amides is 1. The second-order valence-corrected chi connectivity index (χ2v) is 5.54. The molecule has 0 atom stereocenters. The number of benzene rings is 2. The summed E-state index contributed by atoms with van der Waals surface area (Å²) in [5.41, 5.74) is 0.755. The highest BCUT2D eigenvalue weighted by atomic mass is 35.5. The molecule has 0 aliphatic heterocycles. The maximum Gasteiger partial charge on any atom is 0.258 e. The van der Waals surface area contributed by atoms with Crippen LogP contribution in [0.1, 0.15) is 5.69 Å². The fraction of sp³-hybridized carbons (Fsp3) is 0.176. The van der Waals surface area contributed by atoms with E-state index < -0.39 is 0 Å². The van der Waals surface area contributed by atoms with Crippen LogP contribution in [0.2, 0.25) is 5.02 Å². The van der Waals surface area contributed by atoms with Crippen molar-refractivity contribution in [1.29, 1.82) is 0 Å². The van der Waals surface area contributed by atoms with Crippen molar-refractivity contribution in [3.8, 4) is 5.75 Å². The molecule has 0 spiro atoms. The number of nitrogens with one attached hydrogen (secondary N) is 1. The first-order valence-electron chi connectivity index (χ1n) is 7.18. The van der Waals surface area contributed by atoms with E-state index in [1.54, 1.807) is 17.9 Å². The Morgan fingerprint density at radius 2 is 2.04 bits per heavy atom. The number of halogens is 1. The second kappa shape index (κ2) is 6.71. The molecule has 2 aromatic carbocycles. The van der Waals surface area contributed by atoms with E-state index in [0.717, 1.165) is 16.5 Å². The number of nitrogens with zero attached hydrogens (tertiary/aromatic N) is 2. The van der Waals surface area contributed by atoms with Gasteiger partial charge in [-0.2, -0.15) is 5.10 Å². The van der Waals surface area contributed by atoms with Crippen molar-refractivity contribution in [1.82, 2.24) is 15.1 Å². The zero-order valence-corrected chi connectivity index (χ0v) is 13.4. The Morgan fingerprint density at radius 1 is 1.26 bits per heavy atom. The van der Waals surface area contributed by atoms with Gasteiger partial charge in [0.25, 0.3) is 5.91 Å². The number of hydrogen-bond donors (Lipinski definition) is 1. The lowest BCUT2D eigenvalue weighted by molar-refractivity contribution is -0.123. The lowest BCUT2D eigenvalue weighted by Gasteiger charge is -2.09. The molecule has 0 aliphatic rings. The molecule has 118 valence electrons. The average molecular weight is 330 g/mol. The van der Waals surface area contributed by atoms with E-state index in [9.17, 15) is 4.79 Å². The summed E-state index contributed by atoms with van der Waals surface area (Å²) >= 11 is 5.99. The predicted molar refractivity (Wildman–Crippen MR) is 89.5 cm³/mol. The molecule has 1 amide bonds. The minimum absolute atomic E-state index is 0.0478. The number of carbonyl (C=O) groups is 1. The molecule has 3 rings (SSSR count). The summed E-state index contributed by atoms with van der Waals surface area (Å²) in [6, 6.07) is 13.7. The van der Waals surface area contributed by atoms with Crippen LogP contribution in [0.5, 0.6) is 5.75 Å². The molecule has 0 radical (unpaired) electrons. The first-order valence-corrected chi connectivity index (χ1v) is 7.56. The Morgan fingerprint density at radius 3 is 2.78 bits per heavy atom. The SMILES string of the molecule is Cn1ncc(Cl)c1CNC(=O)COc1ccc2ccccc2c1. The average Bonchev–Trinajstić information content (AvgIpc) is 2.89. The lowest BCUT2D eigenvalue weighted by atomic mass is 10.1. The molecule has 23 heavy (non-hydrogen) atoms. The van der Waals surface area contributed by atoms with E-state index in [1.807, 2.05) is 42.5 Å². The van der Waals surface area contributed by atoms with E-state index in [0.29, 0.717) is 17.3 Å². The van der Waals surface area contributed by atoms with Gasteiger partial charge >= 0.3 is 0 Å². The van der Waals surface area contributed by atoms with Crippen molar-refractivity contribution in [2.24, 2.45) is 7.05 Å². The van der Waals surface area contributed by atoms with Crippen molar-refractivity contribution in [3.05, 3.63) is 59.4 Å². The molecule has 0 bridgehead atoms. The highest BCUT2D eigenvalue weighted by Crippen LogP contribution is 2.20. The van der Waals surface area contributed by atoms with Crippen LogP contribution >= 0.6 is 11.6 Å². The molecular weight excluding hydrogens is 314 g/mol. The number of aromatic nitrogens is 2. The van der Waals surface area contributed by atoms with Crippen LogP contribution in [0.25, 0.3) is 10.8 Å². The van der Waals surface area contributed by atoms with Gasteiger partial charge in [-0.1, -0.05) is 41.9 Å². The van der Waals surface area contributed by atoms with Crippen molar-refractivity contribution in [3.63, 3.8) is 0 Å². The van der Waals surface area contributed by atoms with Crippen molar-refractivity contribution in [2.45, 2.75) is 6.54 Å². The van der Waals surface area contributed by atoms with Gasteiger partial charge in [-0.05, 0) is 22.9 Å². The first kappa shape index (κ1) is 15.4. The van der Waals surface area contributed by atoms with Crippen LogP contribution in [-0.4, -0.2) is 22.3 Å². The van der Waals surface area contributed by atoms with E-state index >= 15 is 0 Å². The third-order valence-corrected chi connectivity index (χ3v) is 3.87. The topological polar surface area (TPSA) is 56.2 Å². The molecule has 0 unspecified atom stereocenters. The number of aryl methyl sites for hydroxylation is 1. The predicted octanol–water partition coefficient (Wildman–Crippen LogP) is 2.92. The quantitative estimate of drug-likeness (QED) is 0.783. The minimum atomic E-state index is -0.213. The maximum atomic E-state index is 11.9. The second-order valence-electron chi connectivity index (χ2n) is 5.14. The molecule has 0 saturated heterocycles. The number of fused-ring (bicyclic) bond motifs is 1. The van der Waals surface area contributed by atoms with Gasteiger partial charge in [0, 0.05) is 7.05 Å². The summed E-state index contributed by atoms with van der Waals surface area (Å²) in [6.07, 6.45) is 1.55. The summed E-state index contributed by atoms with van der Waals surface area (Å²) < 4.78 is 7.17. The number of carbonyl (C=O) groups excluding carboxylic acids is 1. The molecule has 1 heterocycles. The van der Waals surface area contributed by atoms with Crippen LogP contribution in [0.15, 0.2) is 48.7 Å². The molecule has 0 saturated carbocycles. The molecule has 1 N–H and O–H groups in total. The highest BCUT2D eigenvalue weighted by molar-refractivity contribution is 6.31. The van der Waals surface area contributed by atoms with Gasteiger partial charge in [-0.15, -0.1) is 0 Å². The smallest absolute Gasteiger partial charge is 0.258 e. The summed E-state index contributed by atoms with van der Waals surface area (Å²) in [4.78, 5) is 11.9. The fourth-order valence-electron chi connectivity index (χ4n) is 2.27. The summed E-state index contributed by atoms with van der Waals surface area (Å²) in [5, 5.41) is 9.52. The number of ether oxygens (including phenoxy) is 1. The Hall–Kier alpha value is -2.53. The first-order chi connectivity index (χ1) is 11.1. The van der Waals surface area contributed by atoms with Gasteiger partial charge in [0.05, 0.1) is 23.5 Å². The largest absolute Gasteiger partial charge is 0.484 e. The minimum Gasteiger partial charge on any atom is -0.484 e. The van der Waals surface area contributed by atoms with Crippen LogP contribution < -0.4 is 10.1 Å². The molecule has 5 nitrogen and oxygen atoms in total. The van der Waals surface area contributed by atoms with E-state index in [-0.39, 0.29) is 12.5 Å². The van der Waals surface area contributed by atoms with Crippen molar-refractivity contribution in [2.75, 3.05) is 6.61 Å². The molecule has 0 fully saturated rings. The Kier molecular flexibility index (Phi) is 4.48. The summed E-state index contributed by atoms with van der Waals surface area (Å²) in [7, 11) is 1.78. The van der Waals surface area contributed by atoms with Gasteiger partial charge in [-0.3, -0.25) is 9.48 Å². The van der Waals surface area contributed by atoms with Crippen LogP contribution in [0.4, 0.5) is 0 Å². The molecule has 0 aliphatic carbocycles. The van der Waals surface area contributed by atoms with E-state index in [1.165, 1.54) is 0 Å².